The van der Waals surface area contributed by atoms with E-state index < -0.39 is 6.10 Å². The molecule has 0 spiro atoms. The third kappa shape index (κ3) is 4.55. The first-order chi connectivity index (χ1) is 10.2. The molecular formula is C17H26N2O2. The summed E-state index contributed by atoms with van der Waals surface area (Å²) in [5, 5.41) is 13.4. The van der Waals surface area contributed by atoms with Crippen LogP contribution in [-0.2, 0) is 4.79 Å². The maximum atomic E-state index is 12.3. The maximum Gasteiger partial charge on any atom is 0.222 e. The van der Waals surface area contributed by atoms with E-state index in [0.29, 0.717) is 12.8 Å². The molecule has 2 N–H and O–H groups in total. The lowest BCUT2D eigenvalue weighted by atomic mass is 10.0. The van der Waals surface area contributed by atoms with Gasteiger partial charge in [-0.15, -0.1) is 0 Å². The largest absolute Gasteiger partial charge is 0.388 e. The molecule has 2 rings (SSSR count). The van der Waals surface area contributed by atoms with E-state index in [2.05, 4.69) is 5.32 Å². The molecule has 1 amide bonds. The van der Waals surface area contributed by atoms with Crippen molar-refractivity contribution < 1.29 is 9.90 Å². The van der Waals surface area contributed by atoms with Gasteiger partial charge in [0.1, 0.15) is 0 Å². The molecule has 1 aromatic rings. The van der Waals surface area contributed by atoms with Gasteiger partial charge in [-0.25, -0.2) is 0 Å². The number of hydrogen-bond donors (Lipinski definition) is 2. The first kappa shape index (κ1) is 16.0. The molecule has 0 radical (unpaired) electrons. The smallest absolute Gasteiger partial charge is 0.222 e. The third-order valence-electron chi connectivity index (χ3n) is 4.19. The number of aliphatic hydroxyl groups is 1. The number of amides is 1. The van der Waals surface area contributed by atoms with Crippen molar-refractivity contribution in [2.45, 2.75) is 44.2 Å². The number of aliphatic hydroxyl groups excluding tert-OH is 1. The van der Waals surface area contributed by atoms with Crippen LogP contribution in [0.25, 0.3) is 0 Å². The van der Waals surface area contributed by atoms with Crippen molar-refractivity contribution >= 4 is 5.91 Å². The first-order valence-corrected chi connectivity index (χ1v) is 7.89. The lowest BCUT2D eigenvalue weighted by molar-refractivity contribution is -0.132. The molecule has 1 saturated heterocycles. The van der Waals surface area contributed by atoms with E-state index in [1.807, 2.05) is 42.3 Å². The zero-order valence-electron chi connectivity index (χ0n) is 12.8. The van der Waals surface area contributed by atoms with Crippen LogP contribution in [-0.4, -0.2) is 42.1 Å². The normalized spacial score (nSPS) is 19.7. The summed E-state index contributed by atoms with van der Waals surface area (Å²) >= 11 is 0. The van der Waals surface area contributed by atoms with Gasteiger partial charge in [0.2, 0.25) is 5.91 Å². The second-order valence-corrected chi connectivity index (χ2v) is 5.75. The summed E-state index contributed by atoms with van der Waals surface area (Å²) in [5.41, 5.74) is 0.937. The molecule has 1 heterocycles. The van der Waals surface area contributed by atoms with Crippen molar-refractivity contribution in [3.8, 4) is 0 Å². The van der Waals surface area contributed by atoms with Crippen LogP contribution in [0.5, 0.6) is 0 Å². The first-order valence-electron chi connectivity index (χ1n) is 7.89. The second kappa shape index (κ2) is 8.15. The molecule has 1 aliphatic rings. The fourth-order valence-corrected chi connectivity index (χ4v) is 3.04. The average Bonchev–Trinajstić information content (AvgIpc) is 2.96. The molecule has 2 unspecified atom stereocenters. The quantitative estimate of drug-likeness (QED) is 0.756. The summed E-state index contributed by atoms with van der Waals surface area (Å²) in [6, 6.07) is 9.89. The summed E-state index contributed by atoms with van der Waals surface area (Å²) in [4.78, 5) is 14.2. The van der Waals surface area contributed by atoms with Crippen LogP contribution in [0.1, 0.15) is 43.8 Å². The molecule has 0 saturated carbocycles. The molecule has 116 valence electrons. The summed E-state index contributed by atoms with van der Waals surface area (Å²) in [6.45, 7) is 1.71. The van der Waals surface area contributed by atoms with Gasteiger partial charge in [0.15, 0.2) is 0 Å². The zero-order valence-corrected chi connectivity index (χ0v) is 12.8. The average molecular weight is 290 g/mol. The summed E-state index contributed by atoms with van der Waals surface area (Å²) in [5.74, 6) is 0.230. The second-order valence-electron chi connectivity index (χ2n) is 5.75. The van der Waals surface area contributed by atoms with Crippen LogP contribution in [0.3, 0.4) is 0 Å². The maximum absolute atomic E-state index is 12.3. The number of rotatable bonds is 7. The van der Waals surface area contributed by atoms with E-state index in [1.54, 1.807) is 0 Å². The van der Waals surface area contributed by atoms with Gasteiger partial charge < -0.3 is 15.3 Å². The van der Waals surface area contributed by atoms with E-state index in [1.165, 1.54) is 0 Å². The van der Waals surface area contributed by atoms with Crippen LogP contribution in [0.2, 0.25) is 0 Å². The number of nitrogens with one attached hydrogen (secondary N) is 1. The fraction of sp³-hybridized carbons (Fsp3) is 0.588. The van der Waals surface area contributed by atoms with Gasteiger partial charge in [0.05, 0.1) is 6.10 Å². The Labute approximate surface area is 127 Å². The minimum atomic E-state index is -0.484. The monoisotopic (exact) mass is 290 g/mol. The Morgan fingerprint density at radius 3 is 2.90 bits per heavy atom. The lowest BCUT2D eigenvalue weighted by Crippen LogP contribution is -2.36. The number of benzene rings is 1. The van der Waals surface area contributed by atoms with Gasteiger partial charge in [-0.2, -0.15) is 0 Å². The summed E-state index contributed by atoms with van der Waals surface area (Å²) in [6.07, 6.45) is 3.67. The standard InChI is InChI=1S/C17H26N2O2/c1-18-11-5-10-17(21)19-12-6-9-15(19)13-16(20)14-7-3-2-4-8-14/h2-4,7-8,15-16,18,20H,5-6,9-13H2,1H3. The Bertz CT molecular complexity index is 436. The SMILES string of the molecule is CNCCCC(=O)N1CCCC1CC(O)c1ccccc1. The van der Waals surface area contributed by atoms with Crippen LogP contribution < -0.4 is 5.32 Å². The molecule has 1 fully saturated rings. The van der Waals surface area contributed by atoms with E-state index in [4.69, 9.17) is 0 Å². The molecule has 21 heavy (non-hydrogen) atoms. The van der Waals surface area contributed by atoms with Gasteiger partial charge in [-0.1, -0.05) is 30.3 Å². The van der Waals surface area contributed by atoms with Gasteiger partial charge in [-0.05, 0) is 44.8 Å². The number of carbonyl (C=O) groups excluding carboxylic acids is 1. The van der Waals surface area contributed by atoms with Gasteiger partial charge >= 0.3 is 0 Å². The Kier molecular flexibility index (Phi) is 6.21. The third-order valence-corrected chi connectivity index (χ3v) is 4.19. The van der Waals surface area contributed by atoms with E-state index in [-0.39, 0.29) is 11.9 Å². The van der Waals surface area contributed by atoms with Crippen LogP contribution in [0, 0.1) is 0 Å². The van der Waals surface area contributed by atoms with Crippen molar-refractivity contribution in [3.05, 3.63) is 35.9 Å². The molecule has 4 nitrogen and oxygen atoms in total. The van der Waals surface area contributed by atoms with Crippen molar-refractivity contribution in [2.75, 3.05) is 20.1 Å². The lowest BCUT2D eigenvalue weighted by Gasteiger charge is -2.27. The highest BCUT2D eigenvalue weighted by Gasteiger charge is 2.30. The van der Waals surface area contributed by atoms with Gasteiger partial charge in [0.25, 0.3) is 0 Å². The van der Waals surface area contributed by atoms with Crippen LogP contribution in [0.4, 0.5) is 0 Å². The highest BCUT2D eigenvalue weighted by molar-refractivity contribution is 5.76. The Balaban J connectivity index is 1.88. The molecule has 0 aromatic heterocycles. The molecule has 0 bridgehead atoms. The Hall–Kier alpha value is -1.39. The van der Waals surface area contributed by atoms with Crippen molar-refractivity contribution in [1.29, 1.82) is 0 Å². The summed E-state index contributed by atoms with van der Waals surface area (Å²) in [7, 11) is 1.90. The van der Waals surface area contributed by atoms with E-state index >= 15 is 0 Å². The minimum Gasteiger partial charge on any atom is -0.388 e. The number of nitrogens with zero attached hydrogens (tertiary/aromatic N) is 1. The summed E-state index contributed by atoms with van der Waals surface area (Å²) < 4.78 is 0. The zero-order chi connectivity index (χ0) is 15.1. The molecular weight excluding hydrogens is 264 g/mol. The predicted octanol–water partition coefficient (Wildman–Crippen LogP) is 2.10. The predicted molar refractivity (Wildman–Crippen MR) is 83.9 cm³/mol. The number of hydrogen-bond acceptors (Lipinski definition) is 3. The van der Waals surface area contributed by atoms with Crippen molar-refractivity contribution in [1.82, 2.24) is 10.2 Å². The van der Waals surface area contributed by atoms with Gasteiger partial charge in [0, 0.05) is 19.0 Å². The fourth-order valence-electron chi connectivity index (χ4n) is 3.04. The van der Waals surface area contributed by atoms with E-state index in [0.717, 1.165) is 37.9 Å². The highest BCUT2D eigenvalue weighted by atomic mass is 16.3. The molecule has 4 heteroatoms. The number of carbonyl (C=O) groups is 1. The van der Waals surface area contributed by atoms with E-state index in [9.17, 15) is 9.90 Å². The van der Waals surface area contributed by atoms with Gasteiger partial charge in [-0.3, -0.25) is 4.79 Å². The van der Waals surface area contributed by atoms with Crippen LogP contribution in [0.15, 0.2) is 30.3 Å². The number of likely N-dealkylation sites (tertiary alicyclic amines) is 1. The highest BCUT2D eigenvalue weighted by Crippen LogP contribution is 2.27. The Morgan fingerprint density at radius 1 is 1.43 bits per heavy atom. The van der Waals surface area contributed by atoms with Crippen molar-refractivity contribution in [3.63, 3.8) is 0 Å². The Morgan fingerprint density at radius 2 is 2.19 bits per heavy atom. The molecule has 1 aliphatic heterocycles. The molecule has 1 aromatic carbocycles. The molecule has 2 atom stereocenters. The van der Waals surface area contributed by atoms with Crippen molar-refractivity contribution in [2.24, 2.45) is 0 Å². The van der Waals surface area contributed by atoms with Crippen LogP contribution >= 0.6 is 0 Å². The topological polar surface area (TPSA) is 52.6 Å². The molecule has 0 aliphatic carbocycles. The minimum absolute atomic E-state index is 0.183.